The molecule has 4 rings (SSSR count). The third-order valence-corrected chi connectivity index (χ3v) is 6.04. The molecule has 1 amide bonds. The first-order chi connectivity index (χ1) is 15.5. The van der Waals surface area contributed by atoms with E-state index < -0.39 is 0 Å². The summed E-state index contributed by atoms with van der Waals surface area (Å²) in [5.41, 5.74) is 3.23. The van der Waals surface area contributed by atoms with Crippen LogP contribution in [0.3, 0.4) is 0 Å². The lowest BCUT2D eigenvalue weighted by Gasteiger charge is -2.32. The molecule has 0 unspecified atom stereocenters. The van der Waals surface area contributed by atoms with Gasteiger partial charge >= 0.3 is 0 Å². The predicted molar refractivity (Wildman–Crippen MR) is 128 cm³/mol. The highest BCUT2D eigenvalue weighted by Gasteiger charge is 2.21. The van der Waals surface area contributed by atoms with Crippen LogP contribution in [0.4, 0.5) is 5.95 Å². The van der Waals surface area contributed by atoms with Gasteiger partial charge in [-0.2, -0.15) is 0 Å². The van der Waals surface area contributed by atoms with Crippen LogP contribution in [0, 0.1) is 0 Å². The van der Waals surface area contributed by atoms with E-state index in [1.54, 1.807) is 7.11 Å². The number of nitrogens with zero attached hydrogens (tertiary/aromatic N) is 3. The number of aromatic nitrogens is 2. The zero-order chi connectivity index (χ0) is 22.5. The Morgan fingerprint density at radius 2 is 1.69 bits per heavy atom. The highest BCUT2D eigenvalue weighted by atomic mass is 35.5. The van der Waals surface area contributed by atoms with Crippen LogP contribution in [-0.2, 0) is 4.79 Å². The van der Waals surface area contributed by atoms with Gasteiger partial charge in [-0.25, -0.2) is 9.97 Å². The number of rotatable bonds is 6. The third-order valence-electron chi connectivity index (χ3n) is 5.79. The molecule has 0 bridgehead atoms. The average Bonchev–Trinajstić information content (AvgIpc) is 2.81. The number of nitrogens with one attached hydrogen (secondary N) is 1. The highest BCUT2D eigenvalue weighted by Crippen LogP contribution is 2.27. The molecule has 1 aliphatic heterocycles. The van der Waals surface area contributed by atoms with Crippen molar-refractivity contribution in [1.29, 1.82) is 0 Å². The lowest BCUT2D eigenvalue weighted by Crippen LogP contribution is -2.42. The van der Waals surface area contributed by atoms with Gasteiger partial charge in [0, 0.05) is 22.2 Å². The summed E-state index contributed by atoms with van der Waals surface area (Å²) in [5, 5.41) is 3.57. The molecule has 0 radical (unpaired) electrons. The molecular weight excluding hydrogens is 424 g/mol. The van der Waals surface area contributed by atoms with Crippen molar-refractivity contribution in [3.05, 3.63) is 59.6 Å². The Balaban J connectivity index is 1.63. The number of likely N-dealkylation sites (tertiary alicyclic amines) is 1. The summed E-state index contributed by atoms with van der Waals surface area (Å²) >= 11 is 6.05. The largest absolute Gasteiger partial charge is 0.497 e. The Kier molecular flexibility index (Phi) is 7.02. The minimum absolute atomic E-state index is 0.104. The zero-order valence-corrected chi connectivity index (χ0v) is 19.1. The van der Waals surface area contributed by atoms with Crippen molar-refractivity contribution in [2.24, 2.45) is 0 Å². The number of carbonyl (C=O) groups excluding carboxylic acids is 1. The molecule has 0 aliphatic carbocycles. The lowest BCUT2D eigenvalue weighted by molar-refractivity contribution is -0.118. The van der Waals surface area contributed by atoms with E-state index in [2.05, 4.69) is 27.1 Å². The van der Waals surface area contributed by atoms with Gasteiger partial charge in [0.1, 0.15) is 5.75 Å². The molecule has 6 nitrogen and oxygen atoms in total. The van der Waals surface area contributed by atoms with Gasteiger partial charge in [0.15, 0.2) is 0 Å². The van der Waals surface area contributed by atoms with Gasteiger partial charge in [-0.3, -0.25) is 15.0 Å². The van der Waals surface area contributed by atoms with Gasteiger partial charge in [0.2, 0.25) is 11.9 Å². The number of methoxy groups -OCH3 is 1. The van der Waals surface area contributed by atoms with E-state index in [1.165, 1.54) is 6.42 Å². The molecule has 1 saturated heterocycles. The normalized spacial score (nSPS) is 16.5. The van der Waals surface area contributed by atoms with E-state index in [-0.39, 0.29) is 11.9 Å². The van der Waals surface area contributed by atoms with Crippen LogP contribution < -0.4 is 10.1 Å². The van der Waals surface area contributed by atoms with Crippen molar-refractivity contribution < 1.29 is 9.53 Å². The average molecular weight is 451 g/mol. The molecule has 1 atom stereocenters. The fraction of sp³-hybridized carbons (Fsp3) is 0.320. The minimum atomic E-state index is -0.104. The second kappa shape index (κ2) is 10.1. The predicted octanol–water partition coefficient (Wildman–Crippen LogP) is 5.29. The Bertz CT molecular complexity index is 1070. The molecular formula is C25H27ClN4O2. The summed E-state index contributed by atoms with van der Waals surface area (Å²) in [4.78, 5) is 24.2. The maximum Gasteiger partial charge on any atom is 0.240 e. The van der Waals surface area contributed by atoms with Crippen LogP contribution in [-0.4, -0.2) is 47.0 Å². The van der Waals surface area contributed by atoms with Gasteiger partial charge in [0.25, 0.3) is 0 Å². The van der Waals surface area contributed by atoms with E-state index in [4.69, 9.17) is 16.3 Å². The number of piperidine rings is 1. The minimum Gasteiger partial charge on any atom is -0.497 e. The first-order valence-corrected chi connectivity index (χ1v) is 11.2. The number of carbonyl (C=O) groups is 1. The van der Waals surface area contributed by atoms with Crippen LogP contribution in [0.25, 0.3) is 22.5 Å². The van der Waals surface area contributed by atoms with Crippen molar-refractivity contribution in [3.63, 3.8) is 0 Å². The van der Waals surface area contributed by atoms with Crippen molar-refractivity contribution >= 4 is 23.5 Å². The maximum atomic E-state index is 12.8. The van der Waals surface area contributed by atoms with Gasteiger partial charge in [-0.15, -0.1) is 0 Å². The lowest BCUT2D eigenvalue weighted by atomic mass is 10.0. The van der Waals surface area contributed by atoms with Crippen LogP contribution in [0.2, 0.25) is 5.02 Å². The summed E-state index contributed by atoms with van der Waals surface area (Å²) in [6.45, 7) is 3.46. The highest BCUT2D eigenvalue weighted by molar-refractivity contribution is 6.30. The molecule has 1 aromatic heterocycles. The molecule has 0 spiro atoms. The summed E-state index contributed by atoms with van der Waals surface area (Å²) < 4.78 is 5.26. The number of hydrogen-bond donors (Lipinski definition) is 1. The quantitative estimate of drug-likeness (QED) is 0.553. The van der Waals surface area contributed by atoms with Crippen molar-refractivity contribution in [2.75, 3.05) is 25.5 Å². The number of anilines is 1. The Morgan fingerprint density at radius 3 is 2.28 bits per heavy atom. The molecule has 2 aromatic carbocycles. The number of hydrogen-bond acceptors (Lipinski definition) is 5. The molecule has 32 heavy (non-hydrogen) atoms. The van der Waals surface area contributed by atoms with Crippen LogP contribution in [0.1, 0.15) is 26.2 Å². The van der Waals surface area contributed by atoms with E-state index >= 15 is 0 Å². The number of ether oxygens (including phenoxy) is 1. The van der Waals surface area contributed by atoms with E-state index in [0.29, 0.717) is 29.0 Å². The van der Waals surface area contributed by atoms with Crippen LogP contribution in [0.5, 0.6) is 5.75 Å². The molecule has 166 valence electrons. The van der Waals surface area contributed by atoms with Gasteiger partial charge in [-0.05, 0) is 68.8 Å². The summed E-state index contributed by atoms with van der Waals surface area (Å²) in [7, 11) is 1.63. The van der Waals surface area contributed by atoms with E-state index in [1.807, 2.05) is 54.6 Å². The van der Waals surface area contributed by atoms with Crippen LogP contribution >= 0.6 is 11.6 Å². The monoisotopic (exact) mass is 450 g/mol. The molecule has 3 aromatic rings. The zero-order valence-electron chi connectivity index (χ0n) is 18.3. The second-order valence-corrected chi connectivity index (χ2v) is 8.50. The van der Waals surface area contributed by atoms with E-state index in [0.717, 1.165) is 36.3 Å². The van der Waals surface area contributed by atoms with Crippen molar-refractivity contribution in [2.45, 2.75) is 32.2 Å². The van der Waals surface area contributed by atoms with Gasteiger partial charge in [0.05, 0.1) is 25.0 Å². The fourth-order valence-corrected chi connectivity index (χ4v) is 4.05. The van der Waals surface area contributed by atoms with Crippen LogP contribution in [0.15, 0.2) is 54.6 Å². The van der Waals surface area contributed by atoms with Crippen molar-refractivity contribution in [1.82, 2.24) is 14.9 Å². The SMILES string of the molecule is COc1ccc(-c2cc(-c3ccc(Cl)cc3)nc(NC(=O)CN3CCCC[C@H]3C)n2)cc1. The summed E-state index contributed by atoms with van der Waals surface area (Å²) in [6, 6.07) is 17.4. The molecule has 1 N–H and O–H groups in total. The molecule has 7 heteroatoms. The molecule has 1 fully saturated rings. The molecule has 2 heterocycles. The van der Waals surface area contributed by atoms with Gasteiger partial charge in [-0.1, -0.05) is 30.2 Å². The Hall–Kier alpha value is -2.96. The number of halogens is 1. The smallest absolute Gasteiger partial charge is 0.240 e. The first-order valence-electron chi connectivity index (χ1n) is 10.8. The maximum absolute atomic E-state index is 12.8. The summed E-state index contributed by atoms with van der Waals surface area (Å²) in [5.74, 6) is 0.954. The number of benzene rings is 2. The molecule has 0 saturated carbocycles. The van der Waals surface area contributed by atoms with Crippen molar-refractivity contribution in [3.8, 4) is 28.3 Å². The standard InChI is InChI=1S/C25H27ClN4O2/c1-17-5-3-4-14-30(17)16-24(31)29-25-27-22(18-6-10-20(26)11-7-18)15-23(28-25)19-8-12-21(32-2)13-9-19/h6-13,15,17H,3-5,14,16H2,1-2H3,(H,27,28,29,31)/t17-/m1/s1. The second-order valence-electron chi connectivity index (χ2n) is 8.06. The Labute approximate surface area is 193 Å². The van der Waals surface area contributed by atoms with Gasteiger partial charge < -0.3 is 4.74 Å². The molecule has 1 aliphatic rings. The third kappa shape index (κ3) is 5.44. The topological polar surface area (TPSA) is 67.3 Å². The van der Waals surface area contributed by atoms with E-state index in [9.17, 15) is 4.79 Å². The fourth-order valence-electron chi connectivity index (χ4n) is 3.92. The number of amides is 1. The Morgan fingerprint density at radius 1 is 1.06 bits per heavy atom. The first kappa shape index (κ1) is 22.2. The summed E-state index contributed by atoms with van der Waals surface area (Å²) in [6.07, 6.45) is 3.47.